The largest absolute Gasteiger partial charge is 0.573 e. The van der Waals surface area contributed by atoms with Crippen LogP contribution in [0.15, 0.2) is 54.6 Å². The van der Waals surface area contributed by atoms with Gasteiger partial charge >= 0.3 is 6.36 Å². The molecule has 6 nitrogen and oxygen atoms in total. The van der Waals surface area contributed by atoms with Gasteiger partial charge in [0, 0.05) is 43.6 Å². The van der Waals surface area contributed by atoms with Crippen molar-refractivity contribution in [3.8, 4) is 11.5 Å². The second-order valence-corrected chi connectivity index (χ2v) is 7.27. The molecular weight excluding hydrogens is 411 g/mol. The van der Waals surface area contributed by atoms with Crippen molar-refractivity contribution < 1.29 is 27.4 Å². The molecule has 1 fully saturated rings. The summed E-state index contributed by atoms with van der Waals surface area (Å²) in [4.78, 5) is 20.0. The van der Waals surface area contributed by atoms with Gasteiger partial charge in [0.05, 0.1) is 0 Å². The molecule has 164 valence electrons. The minimum atomic E-state index is -4.71. The Labute approximate surface area is 177 Å². The van der Waals surface area contributed by atoms with Crippen LogP contribution >= 0.6 is 0 Å². The zero-order valence-electron chi connectivity index (χ0n) is 16.7. The number of nitrogens with one attached hydrogen (secondary N) is 1. The van der Waals surface area contributed by atoms with Gasteiger partial charge in [-0.3, -0.25) is 9.69 Å². The van der Waals surface area contributed by atoms with Crippen LogP contribution in [0, 0.1) is 0 Å². The van der Waals surface area contributed by atoms with Gasteiger partial charge in [-0.05, 0) is 36.4 Å². The zero-order valence-corrected chi connectivity index (χ0v) is 16.7. The third-order valence-corrected chi connectivity index (χ3v) is 5.15. The number of carbonyl (C=O) groups is 1. The van der Waals surface area contributed by atoms with E-state index in [0.29, 0.717) is 37.7 Å². The first-order valence-corrected chi connectivity index (χ1v) is 9.95. The van der Waals surface area contributed by atoms with Gasteiger partial charge in [0.1, 0.15) is 23.8 Å². The maximum absolute atomic E-state index is 12.8. The van der Waals surface area contributed by atoms with Gasteiger partial charge < -0.3 is 19.4 Å². The molecule has 1 aliphatic heterocycles. The van der Waals surface area contributed by atoms with Gasteiger partial charge in [0.25, 0.3) is 5.91 Å². The standard InChI is InChI=1S/C22H22F3N3O3/c23-22(24,25)31-18-7-5-17(6-8-18)30-14-13-27-9-11-28(12-10-27)21(29)20-15-16-3-1-2-4-19(16)26-20/h1-8,15,26H,9-14H2. The average Bonchev–Trinajstić information content (AvgIpc) is 3.18. The number of halogens is 3. The Bertz CT molecular complexity index is 993. The normalized spacial score (nSPS) is 15.3. The van der Waals surface area contributed by atoms with E-state index in [1.165, 1.54) is 24.3 Å². The van der Waals surface area contributed by atoms with Crippen LogP contribution in [0.25, 0.3) is 10.9 Å². The molecule has 1 N–H and O–H groups in total. The molecule has 0 spiro atoms. The number of amides is 1. The van der Waals surface area contributed by atoms with Crippen molar-refractivity contribution >= 4 is 16.8 Å². The molecule has 2 heterocycles. The summed E-state index contributed by atoms with van der Waals surface area (Å²) >= 11 is 0. The van der Waals surface area contributed by atoms with E-state index < -0.39 is 6.36 Å². The number of para-hydroxylation sites is 1. The first-order valence-electron chi connectivity index (χ1n) is 9.95. The van der Waals surface area contributed by atoms with Crippen molar-refractivity contribution in [2.45, 2.75) is 6.36 Å². The number of alkyl halides is 3. The maximum atomic E-state index is 12.8. The Hall–Kier alpha value is -3.20. The van der Waals surface area contributed by atoms with E-state index in [9.17, 15) is 18.0 Å². The predicted molar refractivity (Wildman–Crippen MR) is 109 cm³/mol. The second kappa shape index (κ2) is 8.89. The van der Waals surface area contributed by atoms with Crippen LogP contribution in [0.3, 0.4) is 0 Å². The van der Waals surface area contributed by atoms with Crippen molar-refractivity contribution in [3.05, 3.63) is 60.3 Å². The lowest BCUT2D eigenvalue weighted by Gasteiger charge is -2.34. The Morgan fingerprint density at radius 3 is 2.32 bits per heavy atom. The second-order valence-electron chi connectivity index (χ2n) is 7.27. The van der Waals surface area contributed by atoms with E-state index in [1.807, 2.05) is 35.2 Å². The van der Waals surface area contributed by atoms with Gasteiger partial charge in [-0.1, -0.05) is 18.2 Å². The van der Waals surface area contributed by atoms with Crippen LogP contribution in [-0.2, 0) is 0 Å². The molecule has 1 saturated heterocycles. The van der Waals surface area contributed by atoms with Gasteiger partial charge in [0.2, 0.25) is 0 Å². The summed E-state index contributed by atoms with van der Waals surface area (Å²) in [6.07, 6.45) is -4.71. The fraction of sp³-hybridized carbons (Fsp3) is 0.318. The molecule has 0 bridgehead atoms. The molecule has 31 heavy (non-hydrogen) atoms. The number of piperazine rings is 1. The van der Waals surface area contributed by atoms with Crippen LogP contribution in [0.5, 0.6) is 11.5 Å². The SMILES string of the molecule is O=C(c1cc2ccccc2[nH]1)N1CCN(CCOc2ccc(OC(F)(F)F)cc2)CC1. The van der Waals surface area contributed by atoms with Crippen LogP contribution in [-0.4, -0.2) is 66.4 Å². The van der Waals surface area contributed by atoms with Crippen LogP contribution < -0.4 is 9.47 Å². The van der Waals surface area contributed by atoms with E-state index in [-0.39, 0.29) is 11.7 Å². The highest BCUT2D eigenvalue weighted by Crippen LogP contribution is 2.24. The van der Waals surface area contributed by atoms with Gasteiger partial charge in [-0.25, -0.2) is 0 Å². The van der Waals surface area contributed by atoms with E-state index in [0.717, 1.165) is 24.0 Å². The quantitative estimate of drug-likeness (QED) is 0.641. The summed E-state index contributed by atoms with van der Waals surface area (Å²) in [5, 5.41) is 1.01. The molecule has 4 rings (SSSR count). The highest BCUT2D eigenvalue weighted by atomic mass is 19.4. The van der Waals surface area contributed by atoms with E-state index >= 15 is 0 Å². The number of H-pyrrole nitrogens is 1. The third-order valence-electron chi connectivity index (χ3n) is 5.15. The number of carbonyl (C=O) groups excluding carboxylic acids is 1. The molecule has 0 atom stereocenters. The number of aromatic nitrogens is 1. The minimum Gasteiger partial charge on any atom is -0.492 e. The lowest BCUT2D eigenvalue weighted by molar-refractivity contribution is -0.274. The molecule has 3 aromatic rings. The number of hydrogen-bond donors (Lipinski definition) is 1. The maximum Gasteiger partial charge on any atom is 0.573 e. The lowest BCUT2D eigenvalue weighted by Crippen LogP contribution is -2.49. The van der Waals surface area contributed by atoms with Crippen LogP contribution in [0.4, 0.5) is 13.2 Å². The molecule has 0 radical (unpaired) electrons. The number of benzene rings is 2. The monoisotopic (exact) mass is 433 g/mol. The first kappa shape index (κ1) is 21.0. The molecule has 2 aromatic carbocycles. The molecule has 1 aliphatic rings. The number of ether oxygens (including phenoxy) is 2. The van der Waals surface area contributed by atoms with Gasteiger partial charge in [0.15, 0.2) is 0 Å². The molecule has 9 heteroatoms. The minimum absolute atomic E-state index is 0.00624. The molecule has 0 aliphatic carbocycles. The summed E-state index contributed by atoms with van der Waals surface area (Å²) in [5.41, 5.74) is 1.54. The van der Waals surface area contributed by atoms with Gasteiger partial charge in [-0.15, -0.1) is 13.2 Å². The predicted octanol–water partition coefficient (Wildman–Crippen LogP) is 3.90. The number of rotatable bonds is 6. The summed E-state index contributed by atoms with van der Waals surface area (Å²) in [6, 6.07) is 15.0. The molecule has 1 amide bonds. The first-order chi connectivity index (χ1) is 14.9. The Kier molecular flexibility index (Phi) is 6.03. The van der Waals surface area contributed by atoms with Crippen molar-refractivity contribution in [2.24, 2.45) is 0 Å². The number of hydrogen-bond acceptors (Lipinski definition) is 4. The summed E-state index contributed by atoms with van der Waals surface area (Å²) in [7, 11) is 0. The van der Waals surface area contributed by atoms with E-state index in [1.54, 1.807) is 0 Å². The molecule has 0 saturated carbocycles. The van der Waals surface area contributed by atoms with Crippen molar-refractivity contribution in [1.29, 1.82) is 0 Å². The molecule has 1 aromatic heterocycles. The Balaban J connectivity index is 1.21. The lowest BCUT2D eigenvalue weighted by atomic mass is 10.2. The number of aromatic amines is 1. The summed E-state index contributed by atoms with van der Waals surface area (Å²) in [5.74, 6) is 0.186. The Morgan fingerprint density at radius 2 is 1.65 bits per heavy atom. The molecular formula is C22H22F3N3O3. The average molecular weight is 433 g/mol. The molecule has 0 unspecified atom stereocenters. The fourth-order valence-electron chi connectivity index (χ4n) is 3.56. The van der Waals surface area contributed by atoms with E-state index in [4.69, 9.17) is 4.74 Å². The van der Waals surface area contributed by atoms with Crippen LogP contribution in [0.2, 0.25) is 0 Å². The van der Waals surface area contributed by atoms with E-state index in [2.05, 4.69) is 14.6 Å². The Morgan fingerprint density at radius 1 is 0.968 bits per heavy atom. The summed E-state index contributed by atoms with van der Waals surface area (Å²) in [6.45, 7) is 3.77. The zero-order chi connectivity index (χ0) is 21.8. The van der Waals surface area contributed by atoms with Crippen molar-refractivity contribution in [2.75, 3.05) is 39.3 Å². The number of fused-ring (bicyclic) bond motifs is 1. The smallest absolute Gasteiger partial charge is 0.492 e. The van der Waals surface area contributed by atoms with Gasteiger partial charge in [-0.2, -0.15) is 0 Å². The number of nitrogens with zero attached hydrogens (tertiary/aromatic N) is 2. The van der Waals surface area contributed by atoms with Crippen molar-refractivity contribution in [1.82, 2.24) is 14.8 Å². The topological polar surface area (TPSA) is 57.8 Å². The highest BCUT2D eigenvalue weighted by molar-refractivity contribution is 5.98. The summed E-state index contributed by atoms with van der Waals surface area (Å²) < 4.78 is 46.0. The van der Waals surface area contributed by atoms with Crippen molar-refractivity contribution in [3.63, 3.8) is 0 Å². The highest BCUT2D eigenvalue weighted by Gasteiger charge is 2.31. The third kappa shape index (κ3) is 5.49. The fourth-order valence-corrected chi connectivity index (χ4v) is 3.56. The van der Waals surface area contributed by atoms with Crippen LogP contribution in [0.1, 0.15) is 10.5 Å².